The molecule has 1 N–H and O–H groups in total. The molecule has 0 saturated carbocycles. The maximum atomic E-state index is 13.5. The number of fused-ring (bicyclic) bond motifs is 1. The lowest BCUT2D eigenvalue weighted by Crippen LogP contribution is -2.12. The number of aromatic amines is 1. The number of hydrogen-bond acceptors (Lipinski definition) is 2. The Balaban J connectivity index is 2.04. The Labute approximate surface area is 96.8 Å². The number of H-pyrrole nitrogens is 1. The van der Waals surface area contributed by atoms with Crippen molar-refractivity contribution in [2.24, 2.45) is 0 Å². The molecule has 1 atom stereocenters. The zero-order chi connectivity index (χ0) is 11.8. The highest BCUT2D eigenvalue weighted by Crippen LogP contribution is 2.28. The fourth-order valence-corrected chi connectivity index (χ4v) is 2.15. The third-order valence-corrected chi connectivity index (χ3v) is 3.05. The highest BCUT2D eigenvalue weighted by atomic mass is 19.2. The predicted octanol–water partition coefficient (Wildman–Crippen LogP) is 3.08. The van der Waals surface area contributed by atoms with Gasteiger partial charge in [-0.25, -0.2) is 13.8 Å². The molecule has 17 heavy (non-hydrogen) atoms. The molecule has 1 unspecified atom stereocenters. The maximum absolute atomic E-state index is 13.5. The number of benzene rings is 1. The van der Waals surface area contributed by atoms with Gasteiger partial charge in [-0.1, -0.05) is 0 Å². The topological polar surface area (TPSA) is 37.9 Å². The fraction of sp³-hybridized carbons (Fsp3) is 0.417. The van der Waals surface area contributed by atoms with Crippen molar-refractivity contribution in [2.75, 3.05) is 6.61 Å². The number of halogens is 2. The molecule has 1 aromatic heterocycles. The standard InChI is InChI=1S/C12H12F2N2O/c13-7-4-5-8-11(10(7)14)16-12(15-8)9-3-1-2-6-17-9/h4-5,9H,1-3,6H2,(H,15,16). The van der Waals surface area contributed by atoms with Gasteiger partial charge in [-0.05, 0) is 31.4 Å². The van der Waals surface area contributed by atoms with Crippen LogP contribution >= 0.6 is 0 Å². The third-order valence-electron chi connectivity index (χ3n) is 3.05. The van der Waals surface area contributed by atoms with Crippen molar-refractivity contribution < 1.29 is 13.5 Å². The van der Waals surface area contributed by atoms with Crippen LogP contribution in [0.3, 0.4) is 0 Å². The van der Waals surface area contributed by atoms with Crippen molar-refractivity contribution in [2.45, 2.75) is 25.4 Å². The van der Waals surface area contributed by atoms with E-state index in [1.807, 2.05) is 0 Å². The minimum atomic E-state index is -0.902. The lowest BCUT2D eigenvalue weighted by Gasteiger charge is -2.20. The second-order valence-corrected chi connectivity index (χ2v) is 4.23. The third kappa shape index (κ3) is 1.80. The van der Waals surface area contributed by atoms with Crippen LogP contribution in [0.4, 0.5) is 8.78 Å². The normalized spacial score (nSPS) is 20.9. The van der Waals surface area contributed by atoms with Crippen LogP contribution in [0.2, 0.25) is 0 Å². The molecule has 3 nitrogen and oxygen atoms in total. The summed E-state index contributed by atoms with van der Waals surface area (Å²) in [5.74, 6) is -1.19. The van der Waals surface area contributed by atoms with Crippen LogP contribution in [0.15, 0.2) is 12.1 Å². The van der Waals surface area contributed by atoms with Crippen LogP contribution in [-0.2, 0) is 4.74 Å². The molecule has 1 fully saturated rings. The summed E-state index contributed by atoms with van der Waals surface area (Å²) in [4.78, 5) is 7.09. The molecule has 0 aliphatic carbocycles. The van der Waals surface area contributed by atoms with Crippen LogP contribution in [0.25, 0.3) is 11.0 Å². The molecule has 2 aromatic rings. The van der Waals surface area contributed by atoms with Gasteiger partial charge in [-0.3, -0.25) is 0 Å². The summed E-state index contributed by atoms with van der Waals surface area (Å²) in [6, 6.07) is 2.59. The summed E-state index contributed by atoms with van der Waals surface area (Å²) in [7, 11) is 0. The van der Waals surface area contributed by atoms with E-state index in [2.05, 4.69) is 9.97 Å². The second-order valence-electron chi connectivity index (χ2n) is 4.23. The van der Waals surface area contributed by atoms with Gasteiger partial charge in [-0.15, -0.1) is 0 Å². The van der Waals surface area contributed by atoms with E-state index in [0.29, 0.717) is 17.9 Å². The highest BCUT2D eigenvalue weighted by molar-refractivity contribution is 5.75. The van der Waals surface area contributed by atoms with E-state index >= 15 is 0 Å². The monoisotopic (exact) mass is 238 g/mol. The molecular weight excluding hydrogens is 226 g/mol. The predicted molar refractivity (Wildman–Crippen MR) is 58.6 cm³/mol. The van der Waals surface area contributed by atoms with Crippen molar-refractivity contribution in [1.82, 2.24) is 9.97 Å². The van der Waals surface area contributed by atoms with Crippen molar-refractivity contribution >= 4 is 11.0 Å². The molecule has 2 heterocycles. The van der Waals surface area contributed by atoms with Gasteiger partial charge in [0.25, 0.3) is 0 Å². The SMILES string of the molecule is Fc1ccc2[nH]c(C3CCCCO3)nc2c1F. The largest absolute Gasteiger partial charge is 0.370 e. The number of ether oxygens (including phenoxy) is 1. The Kier molecular flexibility index (Phi) is 2.55. The minimum Gasteiger partial charge on any atom is -0.370 e. The number of aromatic nitrogens is 2. The van der Waals surface area contributed by atoms with Gasteiger partial charge in [0.15, 0.2) is 11.6 Å². The van der Waals surface area contributed by atoms with E-state index in [4.69, 9.17) is 4.74 Å². The van der Waals surface area contributed by atoms with Crippen LogP contribution in [0.1, 0.15) is 31.2 Å². The molecular formula is C12H12F2N2O. The van der Waals surface area contributed by atoms with Crippen molar-refractivity contribution in [1.29, 1.82) is 0 Å². The molecule has 1 saturated heterocycles. The number of imidazole rings is 1. The molecule has 1 aromatic carbocycles. The quantitative estimate of drug-likeness (QED) is 0.829. The summed E-state index contributed by atoms with van der Waals surface area (Å²) in [5, 5.41) is 0. The first-order chi connectivity index (χ1) is 8.25. The number of rotatable bonds is 1. The Morgan fingerprint density at radius 2 is 2.18 bits per heavy atom. The summed E-state index contributed by atoms with van der Waals surface area (Å²) >= 11 is 0. The number of hydrogen-bond donors (Lipinski definition) is 1. The molecule has 5 heteroatoms. The molecule has 0 amide bonds. The number of nitrogens with one attached hydrogen (secondary N) is 1. The van der Waals surface area contributed by atoms with Gasteiger partial charge < -0.3 is 9.72 Å². The Hall–Kier alpha value is -1.49. The Morgan fingerprint density at radius 1 is 1.29 bits per heavy atom. The summed E-state index contributed by atoms with van der Waals surface area (Å²) < 4.78 is 32.1. The van der Waals surface area contributed by atoms with E-state index in [-0.39, 0.29) is 11.6 Å². The molecule has 1 aliphatic heterocycles. The highest BCUT2D eigenvalue weighted by Gasteiger charge is 2.21. The molecule has 0 radical (unpaired) electrons. The van der Waals surface area contributed by atoms with Crippen LogP contribution < -0.4 is 0 Å². The van der Waals surface area contributed by atoms with Gasteiger partial charge in [0.2, 0.25) is 0 Å². The van der Waals surface area contributed by atoms with E-state index in [9.17, 15) is 8.78 Å². The minimum absolute atomic E-state index is 0.0502. The maximum Gasteiger partial charge on any atom is 0.186 e. The average molecular weight is 238 g/mol. The summed E-state index contributed by atoms with van der Waals surface area (Å²) in [6.45, 7) is 0.693. The first kappa shape index (κ1) is 10.7. The second kappa shape index (κ2) is 4.07. The van der Waals surface area contributed by atoms with Crippen LogP contribution in [-0.4, -0.2) is 16.6 Å². The summed E-state index contributed by atoms with van der Waals surface area (Å²) in [6.07, 6.45) is 2.85. The van der Waals surface area contributed by atoms with E-state index in [1.54, 1.807) is 0 Å². The molecule has 0 spiro atoms. The zero-order valence-electron chi connectivity index (χ0n) is 9.17. The van der Waals surface area contributed by atoms with Crippen LogP contribution in [0.5, 0.6) is 0 Å². The van der Waals surface area contributed by atoms with Crippen LogP contribution in [0, 0.1) is 11.6 Å². The first-order valence-corrected chi connectivity index (χ1v) is 5.71. The molecule has 90 valence electrons. The fourth-order valence-electron chi connectivity index (χ4n) is 2.15. The summed E-state index contributed by atoms with van der Waals surface area (Å²) in [5.41, 5.74) is 0.558. The smallest absolute Gasteiger partial charge is 0.186 e. The van der Waals surface area contributed by atoms with Crippen molar-refractivity contribution in [3.8, 4) is 0 Å². The molecule has 3 rings (SSSR count). The van der Waals surface area contributed by atoms with Gasteiger partial charge in [0.1, 0.15) is 17.4 Å². The van der Waals surface area contributed by atoms with E-state index in [1.165, 1.54) is 6.07 Å². The lowest BCUT2D eigenvalue weighted by atomic mass is 10.1. The number of nitrogens with zero attached hydrogens (tertiary/aromatic N) is 1. The van der Waals surface area contributed by atoms with E-state index in [0.717, 1.165) is 25.3 Å². The van der Waals surface area contributed by atoms with Crippen molar-refractivity contribution in [3.05, 3.63) is 29.6 Å². The lowest BCUT2D eigenvalue weighted by molar-refractivity contribution is 0.0101. The van der Waals surface area contributed by atoms with Gasteiger partial charge >= 0.3 is 0 Å². The van der Waals surface area contributed by atoms with E-state index < -0.39 is 11.6 Å². The Morgan fingerprint density at radius 3 is 2.94 bits per heavy atom. The van der Waals surface area contributed by atoms with Gasteiger partial charge in [0.05, 0.1) is 5.52 Å². The zero-order valence-corrected chi connectivity index (χ0v) is 9.17. The first-order valence-electron chi connectivity index (χ1n) is 5.71. The van der Waals surface area contributed by atoms with Gasteiger partial charge in [-0.2, -0.15) is 0 Å². The molecule has 0 bridgehead atoms. The molecule has 1 aliphatic rings. The Bertz CT molecular complexity index is 547. The van der Waals surface area contributed by atoms with Gasteiger partial charge in [0, 0.05) is 6.61 Å². The average Bonchev–Trinajstić information content (AvgIpc) is 2.80. The van der Waals surface area contributed by atoms with Crippen molar-refractivity contribution in [3.63, 3.8) is 0 Å².